The lowest BCUT2D eigenvalue weighted by Crippen LogP contribution is -2.39. The van der Waals surface area contributed by atoms with E-state index >= 15 is 0 Å². The highest BCUT2D eigenvalue weighted by molar-refractivity contribution is 7.70. The fourth-order valence-electron chi connectivity index (χ4n) is 0.764. The van der Waals surface area contributed by atoms with E-state index in [-0.39, 0.29) is 15.5 Å². The Kier molecular flexibility index (Phi) is 5.53. The molecule has 4 unspecified atom stereocenters. The van der Waals surface area contributed by atoms with Gasteiger partial charge in [-0.2, -0.15) is 17.6 Å². The first-order chi connectivity index (χ1) is 6.96. The molecule has 4 nitrogen and oxygen atoms in total. The van der Waals surface area contributed by atoms with Crippen LogP contribution in [-0.2, 0) is 4.52 Å². The molecule has 0 aromatic carbocycles. The molecule has 1 saturated heterocycles. The minimum absolute atomic E-state index is 0.0944. The van der Waals surface area contributed by atoms with Crippen LogP contribution in [0.2, 0.25) is 0 Å². The van der Waals surface area contributed by atoms with Gasteiger partial charge in [0.15, 0.2) is 8.45 Å². The lowest BCUT2D eigenvalue weighted by atomic mass is 10.6. The van der Waals surface area contributed by atoms with Crippen molar-refractivity contribution in [2.24, 2.45) is 0 Å². The zero-order chi connectivity index (χ0) is 11.5. The van der Waals surface area contributed by atoms with Crippen molar-refractivity contribution >= 4 is 26.2 Å². The van der Waals surface area contributed by atoms with E-state index in [1.807, 2.05) is 0 Å². The van der Waals surface area contributed by atoms with Crippen LogP contribution in [0.4, 0.5) is 17.6 Å². The number of nitrogens with one attached hydrogen (secondary N) is 2. The van der Waals surface area contributed by atoms with Crippen molar-refractivity contribution in [2.45, 2.75) is 19.4 Å². The van der Waals surface area contributed by atoms with Crippen LogP contribution in [0, 0.1) is 0 Å². The van der Waals surface area contributed by atoms with E-state index in [9.17, 15) is 17.6 Å². The third kappa shape index (κ3) is 3.97. The van der Waals surface area contributed by atoms with E-state index in [1.54, 1.807) is 6.92 Å². The molecule has 0 spiro atoms. The highest BCUT2D eigenvalue weighted by Crippen LogP contribution is 2.54. The van der Waals surface area contributed by atoms with Gasteiger partial charge in [-0.15, -0.1) is 0 Å². The van der Waals surface area contributed by atoms with Crippen LogP contribution >= 0.6 is 26.2 Å². The van der Waals surface area contributed by atoms with Crippen LogP contribution in [0.15, 0.2) is 0 Å². The van der Waals surface area contributed by atoms with Crippen LogP contribution < -0.4 is 9.72 Å². The van der Waals surface area contributed by atoms with Gasteiger partial charge in [0.05, 0.1) is 6.61 Å². The third-order valence-electron chi connectivity index (χ3n) is 1.32. The highest BCUT2D eigenvalue weighted by Gasteiger charge is 2.48. The summed E-state index contributed by atoms with van der Waals surface area (Å²) in [5.41, 5.74) is 0. The molecule has 0 aliphatic carbocycles. The van der Waals surface area contributed by atoms with E-state index in [0.717, 1.165) is 0 Å². The maximum absolute atomic E-state index is 13.0. The predicted molar refractivity (Wildman–Crippen MR) is 54.2 cm³/mol. The number of hydrogen-bond acceptors (Lipinski definition) is 4. The van der Waals surface area contributed by atoms with Crippen LogP contribution in [0.25, 0.3) is 0 Å². The molecule has 0 aromatic rings. The first kappa shape index (κ1) is 13.9. The smallest absolute Gasteiger partial charge is 0.331 e. The Bertz CT molecular complexity index is 206. The van der Waals surface area contributed by atoms with Crippen molar-refractivity contribution in [3.63, 3.8) is 0 Å². The molecule has 90 valence electrons. The highest BCUT2D eigenvalue weighted by atomic mass is 31.2. The van der Waals surface area contributed by atoms with Gasteiger partial charge >= 0.3 is 6.18 Å². The largest absolute Gasteiger partial charge is 0.434 e. The average molecular weight is 285 g/mol. The number of hydrogen-bond donors (Lipinski definition) is 2. The maximum Gasteiger partial charge on any atom is 0.434 e. The van der Waals surface area contributed by atoms with E-state index < -0.39 is 29.8 Å². The molecule has 15 heavy (non-hydrogen) atoms. The van der Waals surface area contributed by atoms with Gasteiger partial charge in [-0.3, -0.25) is 4.86 Å². The monoisotopic (exact) mass is 285 g/mol. The summed E-state index contributed by atoms with van der Waals surface area (Å²) in [7, 11) is -2.02. The maximum atomic E-state index is 13.0. The second kappa shape index (κ2) is 5.97. The van der Waals surface area contributed by atoms with Gasteiger partial charge in [-0.25, -0.2) is 9.25 Å². The van der Waals surface area contributed by atoms with Crippen molar-refractivity contribution in [1.29, 1.82) is 0 Å². The second-order valence-electron chi connectivity index (χ2n) is 2.39. The van der Waals surface area contributed by atoms with Gasteiger partial charge in [0.1, 0.15) is 0 Å². The molecular weight excluding hydrogens is 275 g/mol. The SMILES string of the molecule is CCOP1NPNPN1C(F)C(F)(F)F. The van der Waals surface area contributed by atoms with Crippen molar-refractivity contribution in [2.75, 3.05) is 6.61 Å². The number of nitrogens with zero attached hydrogens (tertiary/aromatic N) is 1. The molecular formula is C4H10F4N3OP3. The van der Waals surface area contributed by atoms with E-state index in [2.05, 4.69) is 9.72 Å². The molecule has 0 amide bonds. The van der Waals surface area contributed by atoms with Crippen LogP contribution in [0.1, 0.15) is 6.92 Å². The second-order valence-corrected chi connectivity index (χ2v) is 6.85. The summed E-state index contributed by atoms with van der Waals surface area (Å²) in [5.74, 6) is 0. The Morgan fingerprint density at radius 1 is 1.53 bits per heavy atom. The van der Waals surface area contributed by atoms with Crippen LogP contribution in [-0.4, -0.2) is 23.5 Å². The van der Waals surface area contributed by atoms with Crippen molar-refractivity contribution < 1.29 is 22.1 Å². The van der Waals surface area contributed by atoms with Gasteiger partial charge in [0.2, 0.25) is 0 Å². The Morgan fingerprint density at radius 2 is 2.20 bits per heavy atom. The average Bonchev–Trinajstić information content (AvgIpc) is 2.17. The fourth-order valence-corrected chi connectivity index (χ4v) is 5.62. The van der Waals surface area contributed by atoms with Gasteiger partial charge in [0.25, 0.3) is 6.30 Å². The van der Waals surface area contributed by atoms with Crippen molar-refractivity contribution in [3.8, 4) is 0 Å². The standard InChI is InChI=1S/C4H10F4N3OP3/c1-2-12-15-10-13-9-14-11(15)3(5)4(6,7)8/h3,9-10,13-14H,2H2,1H3. The summed E-state index contributed by atoms with van der Waals surface area (Å²) < 4.78 is 55.1. The first-order valence-corrected chi connectivity index (χ1v) is 7.07. The molecule has 1 aliphatic heterocycles. The van der Waals surface area contributed by atoms with Crippen LogP contribution in [0.3, 0.4) is 0 Å². The molecule has 1 rings (SSSR count). The number of halogens is 4. The molecule has 0 aromatic heterocycles. The fraction of sp³-hybridized carbons (Fsp3) is 1.00. The van der Waals surface area contributed by atoms with E-state index in [1.165, 1.54) is 0 Å². The molecule has 1 aliphatic rings. The van der Waals surface area contributed by atoms with Crippen LogP contribution in [0.5, 0.6) is 0 Å². The topological polar surface area (TPSA) is 36.5 Å². The number of alkyl halides is 4. The summed E-state index contributed by atoms with van der Waals surface area (Å²) in [4.78, 5) is 5.32. The molecule has 1 fully saturated rings. The van der Waals surface area contributed by atoms with Crippen molar-refractivity contribution in [3.05, 3.63) is 0 Å². The molecule has 0 bridgehead atoms. The van der Waals surface area contributed by atoms with Crippen molar-refractivity contribution in [1.82, 2.24) is 14.2 Å². The Morgan fingerprint density at radius 3 is 2.73 bits per heavy atom. The van der Waals surface area contributed by atoms with Gasteiger partial charge in [-0.05, 0) is 6.92 Å². The summed E-state index contributed by atoms with van der Waals surface area (Å²) in [6.45, 7) is 1.89. The van der Waals surface area contributed by atoms with E-state index in [4.69, 9.17) is 4.52 Å². The lowest BCUT2D eigenvalue weighted by Gasteiger charge is -2.36. The summed E-state index contributed by atoms with van der Waals surface area (Å²) in [6.07, 6.45) is -7.87. The summed E-state index contributed by atoms with van der Waals surface area (Å²) in [5, 5.41) is 0. The Hall–Kier alpha value is 0.850. The zero-order valence-electron chi connectivity index (χ0n) is 7.60. The quantitative estimate of drug-likeness (QED) is 0.475. The normalized spacial score (nSPS) is 29.8. The summed E-state index contributed by atoms with van der Waals surface area (Å²) in [6, 6.07) is 0. The van der Waals surface area contributed by atoms with Gasteiger partial charge in [-0.1, -0.05) is 0 Å². The Labute approximate surface area is 89.2 Å². The predicted octanol–water partition coefficient (Wildman–Crippen LogP) is 2.62. The third-order valence-corrected chi connectivity index (χ3v) is 5.87. The minimum atomic E-state index is -4.88. The van der Waals surface area contributed by atoms with E-state index in [0.29, 0.717) is 4.44 Å². The van der Waals surface area contributed by atoms with Gasteiger partial charge < -0.3 is 4.52 Å². The molecule has 1 heterocycles. The van der Waals surface area contributed by atoms with Gasteiger partial charge in [0, 0.05) is 17.8 Å². The molecule has 0 saturated carbocycles. The molecule has 11 heteroatoms. The minimum Gasteiger partial charge on any atom is -0.331 e. The molecule has 4 atom stereocenters. The number of rotatable bonds is 3. The molecule has 0 radical (unpaired) electrons. The zero-order valence-corrected chi connectivity index (χ0v) is 10.5. The summed E-state index contributed by atoms with van der Waals surface area (Å²) >= 11 is 0. The molecule has 2 N–H and O–H groups in total. The Balaban J connectivity index is 2.63. The first-order valence-electron chi connectivity index (χ1n) is 3.91. The lowest BCUT2D eigenvalue weighted by molar-refractivity contribution is -0.197.